The Kier molecular flexibility index (Phi) is 7.09. The van der Waals surface area contributed by atoms with Gasteiger partial charge in [-0.25, -0.2) is 4.39 Å². The molecule has 2 unspecified atom stereocenters. The van der Waals surface area contributed by atoms with E-state index in [4.69, 9.17) is 16.6 Å². The summed E-state index contributed by atoms with van der Waals surface area (Å²) >= 11 is 5.10. The molecule has 2 aromatic carbocycles. The molecule has 1 saturated heterocycles. The number of ether oxygens (including phenoxy) is 1. The average molecular weight is 420 g/mol. The summed E-state index contributed by atoms with van der Waals surface area (Å²) in [6, 6.07) is 13.1. The van der Waals surface area contributed by atoms with E-state index in [1.54, 1.807) is 17.0 Å². The maximum Gasteiger partial charge on any atom is 0.324 e. The van der Waals surface area contributed by atoms with Gasteiger partial charge in [-0.2, -0.15) is 0 Å². The van der Waals surface area contributed by atoms with Crippen LogP contribution < -0.4 is 9.64 Å². The van der Waals surface area contributed by atoms with Gasteiger partial charge in [-0.1, -0.05) is 25.5 Å². The fourth-order valence-electron chi connectivity index (χ4n) is 3.51. The van der Waals surface area contributed by atoms with Crippen molar-refractivity contribution in [1.29, 1.82) is 0 Å². The number of carbonyl (C=O) groups excluding carboxylic acids is 2. The first-order valence-electron chi connectivity index (χ1n) is 9.68. The molecule has 29 heavy (non-hydrogen) atoms. The molecule has 3 rings (SSSR count). The lowest BCUT2D eigenvalue weighted by Crippen LogP contribution is -2.55. The maximum absolute atomic E-state index is 13.3. The molecule has 0 saturated carbocycles. The predicted molar refractivity (Wildman–Crippen MR) is 108 cm³/mol. The zero-order chi connectivity index (χ0) is 20.8. The van der Waals surface area contributed by atoms with Crippen molar-refractivity contribution < 1.29 is 23.0 Å². The molecule has 5 nitrogen and oxygen atoms in total. The molecule has 0 N–H and O–H groups in total. The number of benzene rings is 2. The van der Waals surface area contributed by atoms with E-state index in [0.717, 1.165) is 24.2 Å². The third-order valence-corrected chi connectivity index (χ3v) is 5.22. The molecule has 1 aliphatic heterocycles. The van der Waals surface area contributed by atoms with Crippen LogP contribution in [0.3, 0.4) is 0 Å². The molecule has 0 aliphatic carbocycles. The number of hydrogen-bond donors (Lipinski definition) is 0. The Hall–Kier alpha value is -2.60. The molecule has 1 fully saturated rings. The molecular weight excluding hydrogens is 397 g/mol. The van der Waals surface area contributed by atoms with Gasteiger partial charge in [0.1, 0.15) is 23.4 Å². The van der Waals surface area contributed by atoms with Crippen molar-refractivity contribution in [3.63, 3.8) is 0 Å². The molecule has 1 aliphatic rings. The minimum Gasteiger partial charge on any atom is -0.494 e. The van der Waals surface area contributed by atoms with E-state index >= 15 is 0 Å². The topological polar surface area (TPSA) is 55.8 Å². The highest BCUT2D eigenvalue weighted by Gasteiger charge is 2.48. The van der Waals surface area contributed by atoms with Crippen LogP contribution in [-0.4, -0.2) is 18.5 Å². The highest BCUT2D eigenvalue weighted by atomic mass is 35.5. The number of hydrogen-bond acceptors (Lipinski definition) is 4. The summed E-state index contributed by atoms with van der Waals surface area (Å²) in [6.07, 6.45) is 2.41. The highest BCUT2D eigenvalue weighted by molar-refractivity contribution is 6.13. The van der Waals surface area contributed by atoms with Crippen molar-refractivity contribution in [2.45, 2.75) is 38.6 Å². The van der Waals surface area contributed by atoms with Crippen molar-refractivity contribution in [2.75, 3.05) is 11.5 Å². The second kappa shape index (κ2) is 9.74. The molecule has 2 atom stereocenters. The molecule has 0 aromatic heterocycles. The minimum absolute atomic E-state index is 0.0475. The van der Waals surface area contributed by atoms with Gasteiger partial charge in [-0.05, 0) is 54.8 Å². The molecule has 0 radical (unpaired) electrons. The number of halogens is 2. The Morgan fingerprint density at radius 3 is 2.45 bits per heavy atom. The fraction of sp³-hybridized carbons (Fsp3) is 0.364. The Balaban J connectivity index is 1.81. The summed E-state index contributed by atoms with van der Waals surface area (Å²) in [7, 11) is 0. The van der Waals surface area contributed by atoms with Gasteiger partial charge in [0, 0.05) is 12.1 Å². The second-order valence-electron chi connectivity index (χ2n) is 6.99. The third-order valence-electron chi connectivity index (χ3n) is 5.05. The van der Waals surface area contributed by atoms with Crippen molar-refractivity contribution in [3.8, 4) is 5.75 Å². The Labute approximate surface area is 174 Å². The monoisotopic (exact) mass is 419 g/mol. The highest BCUT2D eigenvalue weighted by Crippen LogP contribution is 2.45. The van der Waals surface area contributed by atoms with Crippen LogP contribution in [0.25, 0.3) is 0 Å². The number of β-lactam (4-membered cyclic amide) rings is 1. The first kappa shape index (κ1) is 21.1. The standard InChI is InChI=1S/C22H23ClFNO4/c1-2-3-14-28-18-10-4-15(5-11-18)21-19(12-13-20(26)29-23)22(27)25(21)17-8-6-16(24)7-9-17/h4-11,19,21H,2-3,12-14H2,1H3. The van der Waals surface area contributed by atoms with Crippen LogP contribution in [0, 0.1) is 11.7 Å². The first-order chi connectivity index (χ1) is 14.0. The largest absolute Gasteiger partial charge is 0.494 e. The normalized spacial score (nSPS) is 18.3. The van der Waals surface area contributed by atoms with E-state index in [1.165, 1.54) is 12.1 Å². The van der Waals surface area contributed by atoms with Gasteiger partial charge in [0.2, 0.25) is 5.91 Å². The van der Waals surface area contributed by atoms with Crippen molar-refractivity contribution in [3.05, 3.63) is 59.9 Å². The van der Waals surface area contributed by atoms with E-state index in [-0.39, 0.29) is 30.1 Å². The van der Waals surface area contributed by atoms with Crippen LogP contribution in [0.2, 0.25) is 0 Å². The second-order valence-corrected chi connectivity index (χ2v) is 7.15. The van der Waals surface area contributed by atoms with Crippen molar-refractivity contribution in [2.24, 2.45) is 5.92 Å². The number of unbranched alkanes of at least 4 members (excludes halogenated alkanes) is 1. The van der Waals surface area contributed by atoms with Crippen LogP contribution in [0.4, 0.5) is 10.1 Å². The predicted octanol–water partition coefficient (Wildman–Crippen LogP) is 5.19. The molecular formula is C22H23ClFNO4. The van der Waals surface area contributed by atoms with Gasteiger partial charge in [-0.3, -0.25) is 9.59 Å². The van der Waals surface area contributed by atoms with Gasteiger partial charge in [0.25, 0.3) is 0 Å². The summed E-state index contributed by atoms with van der Waals surface area (Å²) in [5, 5.41) is 0. The van der Waals surface area contributed by atoms with E-state index in [9.17, 15) is 14.0 Å². The van der Waals surface area contributed by atoms with E-state index in [2.05, 4.69) is 11.2 Å². The zero-order valence-corrected chi connectivity index (χ0v) is 16.9. The van der Waals surface area contributed by atoms with Crippen LogP contribution in [0.1, 0.15) is 44.2 Å². The molecule has 154 valence electrons. The van der Waals surface area contributed by atoms with Gasteiger partial charge >= 0.3 is 5.97 Å². The minimum atomic E-state index is -0.571. The Morgan fingerprint density at radius 2 is 1.83 bits per heavy atom. The van der Waals surface area contributed by atoms with Crippen LogP contribution in [0.5, 0.6) is 5.75 Å². The van der Waals surface area contributed by atoms with Crippen LogP contribution in [0.15, 0.2) is 48.5 Å². The summed E-state index contributed by atoms with van der Waals surface area (Å²) in [4.78, 5) is 25.9. The maximum atomic E-state index is 13.3. The molecule has 0 bridgehead atoms. The lowest BCUT2D eigenvalue weighted by Gasteiger charge is -2.47. The van der Waals surface area contributed by atoms with Gasteiger partial charge in [0.05, 0.1) is 18.6 Å². The van der Waals surface area contributed by atoms with Gasteiger partial charge in [0.15, 0.2) is 0 Å². The quantitative estimate of drug-likeness (QED) is 0.415. The molecule has 7 heteroatoms. The Bertz CT molecular complexity index is 841. The van der Waals surface area contributed by atoms with Gasteiger partial charge < -0.3 is 13.9 Å². The lowest BCUT2D eigenvalue weighted by atomic mass is 9.79. The number of anilines is 1. The number of carbonyl (C=O) groups is 2. The summed E-state index contributed by atoms with van der Waals surface area (Å²) in [5.74, 6) is -0.676. The van der Waals surface area contributed by atoms with E-state index < -0.39 is 5.97 Å². The molecule has 1 amide bonds. The van der Waals surface area contributed by atoms with Crippen molar-refractivity contribution in [1.82, 2.24) is 0 Å². The molecule has 0 spiro atoms. The number of amides is 1. The third kappa shape index (κ3) is 4.88. The summed E-state index contributed by atoms with van der Waals surface area (Å²) in [6.45, 7) is 2.76. The first-order valence-corrected chi connectivity index (χ1v) is 9.98. The number of rotatable bonds is 9. The molecule has 1 heterocycles. The smallest absolute Gasteiger partial charge is 0.324 e. The van der Waals surface area contributed by atoms with E-state index in [0.29, 0.717) is 18.7 Å². The van der Waals surface area contributed by atoms with Crippen LogP contribution >= 0.6 is 11.9 Å². The summed E-state index contributed by atoms with van der Waals surface area (Å²) < 4.78 is 23.2. The van der Waals surface area contributed by atoms with Gasteiger partial charge in [-0.15, -0.1) is 0 Å². The fourth-order valence-corrected chi connectivity index (χ4v) is 3.59. The van der Waals surface area contributed by atoms with Crippen molar-refractivity contribution >= 4 is 29.4 Å². The molecule has 2 aromatic rings. The average Bonchev–Trinajstić information content (AvgIpc) is 2.74. The zero-order valence-electron chi connectivity index (χ0n) is 16.1. The summed E-state index contributed by atoms with van der Waals surface area (Å²) in [5.41, 5.74) is 1.53. The SMILES string of the molecule is CCCCOc1ccc(C2C(CCC(=O)OCl)C(=O)N2c2ccc(F)cc2)cc1. The Morgan fingerprint density at radius 1 is 1.14 bits per heavy atom. The van der Waals surface area contributed by atoms with Crippen LogP contribution in [-0.2, 0) is 13.9 Å². The lowest BCUT2D eigenvalue weighted by molar-refractivity contribution is -0.135. The number of nitrogens with zero attached hydrogens (tertiary/aromatic N) is 1. The van der Waals surface area contributed by atoms with E-state index in [1.807, 2.05) is 24.3 Å².